The molecule has 0 saturated heterocycles. The van der Waals surface area contributed by atoms with Gasteiger partial charge in [-0.15, -0.1) is 0 Å². The summed E-state index contributed by atoms with van der Waals surface area (Å²) in [4.78, 5) is 0. The van der Waals surface area contributed by atoms with Gasteiger partial charge < -0.3 is 10.8 Å². The minimum atomic E-state index is -2.19. The molecule has 4 N–H and O–H groups in total. The van der Waals surface area contributed by atoms with E-state index >= 15 is 0 Å². The predicted molar refractivity (Wildman–Crippen MR) is 136 cm³/mol. The second kappa shape index (κ2) is 9.36. The normalized spacial score (nSPS) is 11.5. The molecule has 0 heterocycles. The summed E-state index contributed by atoms with van der Waals surface area (Å²) in [7, 11) is -4.38. The fraction of sp³-hybridized carbons (Fsp3) is 0.0769. The minimum Gasteiger partial charge on any atom is -0.345 e. The molecule has 4 aromatic rings. The van der Waals surface area contributed by atoms with Crippen molar-refractivity contribution < 1.29 is 0 Å². The Morgan fingerprint density at radius 1 is 0.400 bits per heavy atom. The van der Waals surface area contributed by atoms with Crippen LogP contribution in [0.1, 0.15) is 0 Å². The van der Waals surface area contributed by atoms with Gasteiger partial charge >= 0.3 is 0 Å². The molecular weight excluding hydrogens is 396 g/mol. The molecule has 4 aromatic carbocycles. The van der Waals surface area contributed by atoms with Crippen molar-refractivity contribution in [2.45, 2.75) is 13.1 Å². The zero-order valence-electron chi connectivity index (χ0n) is 17.8. The molecule has 0 aliphatic rings. The Bertz CT molecular complexity index is 873. The molecule has 0 atom stereocenters. The Morgan fingerprint density at radius 3 is 0.800 bits per heavy atom. The Hall–Kier alpha value is -2.77. The molecular formula is C26H30N2Si2. The van der Waals surface area contributed by atoms with E-state index in [-0.39, 0.29) is 6.15 Å². The number of benzene rings is 4. The highest BCUT2D eigenvalue weighted by Gasteiger charge is 2.42. The molecule has 4 rings (SSSR count). The predicted octanol–water partition coefficient (Wildman–Crippen LogP) is 3.52. The average Bonchev–Trinajstić information content (AvgIpc) is 2.81. The Balaban J connectivity index is 0.00000256. The van der Waals surface area contributed by atoms with Gasteiger partial charge in [0.25, 0.3) is 0 Å². The lowest BCUT2D eigenvalue weighted by Gasteiger charge is -2.40. The maximum Gasteiger partial charge on any atom is 0.180 e. The molecule has 0 unspecified atom stereocenters. The van der Waals surface area contributed by atoms with Gasteiger partial charge in [0.1, 0.15) is 0 Å². The van der Waals surface area contributed by atoms with Crippen LogP contribution < -0.4 is 31.5 Å². The first kappa shape index (κ1) is 21.9. The Kier molecular flexibility index (Phi) is 6.85. The highest BCUT2D eigenvalue weighted by atomic mass is 28.4. The van der Waals surface area contributed by atoms with Gasteiger partial charge in [-0.05, 0) is 33.8 Å². The van der Waals surface area contributed by atoms with Crippen LogP contribution in [0.25, 0.3) is 0 Å². The molecule has 0 fully saturated rings. The molecule has 152 valence electrons. The quantitative estimate of drug-likeness (QED) is 0.464. The van der Waals surface area contributed by atoms with Crippen LogP contribution >= 0.6 is 0 Å². The van der Waals surface area contributed by atoms with Crippen molar-refractivity contribution in [3.63, 3.8) is 0 Å². The monoisotopic (exact) mass is 426 g/mol. The third-order valence-electron chi connectivity index (χ3n) is 5.90. The summed E-state index contributed by atoms with van der Waals surface area (Å²) in [6, 6.07) is 44.0. The largest absolute Gasteiger partial charge is 0.345 e. The van der Waals surface area contributed by atoms with Crippen molar-refractivity contribution in [1.29, 1.82) is 0 Å². The van der Waals surface area contributed by atoms with Gasteiger partial charge in [-0.25, -0.2) is 0 Å². The second-order valence-electron chi connectivity index (χ2n) is 7.84. The van der Waals surface area contributed by atoms with Crippen LogP contribution in [0.4, 0.5) is 0 Å². The van der Waals surface area contributed by atoms with Crippen LogP contribution in [-0.2, 0) is 0 Å². The molecule has 2 nitrogen and oxygen atoms in total. The molecule has 0 aliphatic carbocycles. The van der Waals surface area contributed by atoms with Crippen LogP contribution in [0.5, 0.6) is 0 Å². The van der Waals surface area contributed by atoms with Crippen molar-refractivity contribution in [1.82, 2.24) is 10.8 Å². The molecule has 0 aromatic heterocycles. The smallest absolute Gasteiger partial charge is 0.180 e. The van der Waals surface area contributed by atoms with E-state index in [1.165, 1.54) is 20.7 Å². The van der Waals surface area contributed by atoms with Crippen LogP contribution in [0.3, 0.4) is 0 Å². The van der Waals surface area contributed by atoms with Gasteiger partial charge in [0.2, 0.25) is 0 Å². The maximum atomic E-state index is 4.35. The summed E-state index contributed by atoms with van der Waals surface area (Å²) in [5.74, 6) is 0. The number of hydrogen-bond donors (Lipinski definition) is 2. The van der Waals surface area contributed by atoms with Gasteiger partial charge in [-0.3, -0.25) is 0 Å². The summed E-state index contributed by atoms with van der Waals surface area (Å²) in [5.41, 5.74) is 0. The Morgan fingerprint density at radius 2 is 0.600 bits per heavy atom. The minimum absolute atomic E-state index is 0. The fourth-order valence-corrected chi connectivity index (χ4v) is 14.6. The summed E-state index contributed by atoms with van der Waals surface area (Å²) in [5, 5.41) is 5.65. The number of hydrogen-bond acceptors (Lipinski definition) is 2. The van der Waals surface area contributed by atoms with Crippen molar-refractivity contribution in [3.05, 3.63) is 121 Å². The van der Waals surface area contributed by atoms with E-state index in [2.05, 4.69) is 139 Å². The first-order valence-electron chi connectivity index (χ1n) is 10.1. The van der Waals surface area contributed by atoms with Gasteiger partial charge in [-0.1, -0.05) is 121 Å². The highest BCUT2D eigenvalue weighted by molar-refractivity contribution is 7.13. The van der Waals surface area contributed by atoms with E-state index in [0.717, 1.165) is 0 Å². The Labute approximate surface area is 182 Å². The zero-order valence-corrected chi connectivity index (χ0v) is 19.8. The lowest BCUT2D eigenvalue weighted by molar-refractivity contribution is 1.37. The molecule has 0 radical (unpaired) electrons. The van der Waals surface area contributed by atoms with Crippen LogP contribution in [0.15, 0.2) is 121 Å². The first-order chi connectivity index (χ1) is 14.1. The third-order valence-corrected chi connectivity index (χ3v) is 15.9. The summed E-state index contributed by atoms with van der Waals surface area (Å²) < 4.78 is 4.35. The van der Waals surface area contributed by atoms with Gasteiger partial charge in [-0.2, -0.15) is 0 Å². The van der Waals surface area contributed by atoms with Gasteiger partial charge in [0.05, 0.1) is 0 Å². The lowest BCUT2D eigenvalue weighted by atomic mass is 10.4. The van der Waals surface area contributed by atoms with E-state index in [1.54, 1.807) is 0 Å². The molecule has 4 heteroatoms. The van der Waals surface area contributed by atoms with Gasteiger partial charge in [0, 0.05) is 0 Å². The topological polar surface area (TPSA) is 47.0 Å². The standard InChI is InChI=1S/C26H27NSi2.H3N/c1-28(23-15-7-3-8-16-23,24-17-9-4-10-18-24)27-29(2,25-19-11-5-12-20-25)26-21-13-6-14-22-26;/h3-22,27H,1-2H3;1H3. The first-order valence-corrected chi connectivity index (χ1v) is 15.1. The second-order valence-corrected chi connectivity index (χ2v) is 15.6. The van der Waals surface area contributed by atoms with E-state index in [1.807, 2.05) is 0 Å². The molecule has 0 spiro atoms. The summed E-state index contributed by atoms with van der Waals surface area (Å²) in [6.07, 6.45) is 0. The van der Waals surface area contributed by atoms with Crippen LogP contribution in [-0.4, -0.2) is 16.5 Å². The molecule has 0 bridgehead atoms. The van der Waals surface area contributed by atoms with E-state index in [9.17, 15) is 0 Å². The van der Waals surface area contributed by atoms with Crippen molar-refractivity contribution >= 4 is 37.2 Å². The molecule has 0 aliphatic heterocycles. The fourth-order valence-electron chi connectivity index (χ4n) is 4.21. The highest BCUT2D eigenvalue weighted by Crippen LogP contribution is 2.10. The van der Waals surface area contributed by atoms with E-state index < -0.39 is 16.5 Å². The van der Waals surface area contributed by atoms with Gasteiger partial charge in [0.15, 0.2) is 16.5 Å². The summed E-state index contributed by atoms with van der Waals surface area (Å²) >= 11 is 0. The van der Waals surface area contributed by atoms with E-state index in [4.69, 9.17) is 0 Å². The van der Waals surface area contributed by atoms with Crippen LogP contribution in [0, 0.1) is 0 Å². The number of rotatable bonds is 6. The van der Waals surface area contributed by atoms with Crippen molar-refractivity contribution in [2.75, 3.05) is 0 Å². The van der Waals surface area contributed by atoms with Crippen molar-refractivity contribution in [2.24, 2.45) is 0 Å². The lowest BCUT2D eigenvalue weighted by Crippen LogP contribution is -2.80. The molecule has 30 heavy (non-hydrogen) atoms. The molecule has 0 saturated carbocycles. The average molecular weight is 427 g/mol. The molecule has 0 amide bonds. The zero-order chi connectivity index (χ0) is 20.2. The SMILES string of the molecule is C[Si](N[Si](C)(c1ccccc1)c1ccccc1)(c1ccccc1)c1ccccc1.N. The van der Waals surface area contributed by atoms with E-state index in [0.29, 0.717) is 0 Å². The third kappa shape index (κ3) is 4.22. The van der Waals surface area contributed by atoms with Crippen molar-refractivity contribution in [3.8, 4) is 0 Å². The summed E-state index contributed by atoms with van der Waals surface area (Å²) in [6.45, 7) is 4.91. The van der Waals surface area contributed by atoms with Crippen LogP contribution in [0.2, 0.25) is 13.1 Å². The maximum absolute atomic E-state index is 4.35. The number of nitrogens with one attached hydrogen (secondary N) is 1.